The minimum Gasteiger partial charge on any atom is -0.351 e. The van der Waals surface area contributed by atoms with E-state index in [2.05, 4.69) is 9.89 Å². The van der Waals surface area contributed by atoms with Gasteiger partial charge in [0.05, 0.1) is 0 Å². The lowest BCUT2D eigenvalue weighted by molar-refractivity contribution is 0.348. The van der Waals surface area contributed by atoms with Crippen molar-refractivity contribution in [2.24, 2.45) is 4.99 Å². The maximum Gasteiger partial charge on any atom is 0.164 e. The van der Waals surface area contributed by atoms with Crippen molar-refractivity contribution in [2.75, 3.05) is 19.3 Å². The number of benzene rings is 1. The Bertz CT molecular complexity index is 400. The quantitative estimate of drug-likeness (QED) is 0.560. The zero-order valence-corrected chi connectivity index (χ0v) is 10.8. The lowest BCUT2D eigenvalue weighted by atomic mass is 10.1. The Morgan fingerprint density at radius 1 is 1.24 bits per heavy atom. The van der Waals surface area contributed by atoms with Crippen molar-refractivity contribution in [1.82, 2.24) is 4.90 Å². The third-order valence-electron chi connectivity index (χ3n) is 2.88. The smallest absolute Gasteiger partial charge is 0.164 e. The largest absolute Gasteiger partial charge is 0.351 e. The van der Waals surface area contributed by atoms with Gasteiger partial charge in [-0.3, -0.25) is 0 Å². The van der Waals surface area contributed by atoms with Crippen molar-refractivity contribution in [3.63, 3.8) is 0 Å². The molecule has 1 heterocycles. The molecule has 1 saturated heterocycles. The Hall–Kier alpha value is -1.03. The van der Waals surface area contributed by atoms with Crippen LogP contribution in [0.25, 0.3) is 0 Å². The topological polar surface area (TPSA) is 15.6 Å². The van der Waals surface area contributed by atoms with Crippen LogP contribution in [-0.2, 0) is 0 Å². The first-order chi connectivity index (χ1) is 8.31. The molecule has 1 aromatic carbocycles. The van der Waals surface area contributed by atoms with Gasteiger partial charge in [-0.2, -0.15) is 0 Å². The highest BCUT2D eigenvalue weighted by Gasteiger charge is 2.14. The third kappa shape index (κ3) is 3.22. The summed E-state index contributed by atoms with van der Waals surface area (Å²) in [7, 11) is 0. The summed E-state index contributed by atoms with van der Waals surface area (Å²) in [5, 5.41) is 0.926. The highest BCUT2D eigenvalue weighted by atomic mass is 32.2. The van der Waals surface area contributed by atoms with Crippen LogP contribution in [0.4, 0.5) is 10.1 Å². The van der Waals surface area contributed by atoms with E-state index in [0.717, 1.165) is 18.3 Å². The molecule has 4 heteroatoms. The van der Waals surface area contributed by atoms with Gasteiger partial charge in [0.15, 0.2) is 5.17 Å². The molecular weight excluding hydrogens is 235 g/mol. The molecule has 1 aliphatic rings. The van der Waals surface area contributed by atoms with E-state index in [1.54, 1.807) is 23.9 Å². The molecule has 0 spiro atoms. The van der Waals surface area contributed by atoms with Gasteiger partial charge in [-0.15, -0.1) is 0 Å². The first-order valence-corrected chi connectivity index (χ1v) is 7.16. The van der Waals surface area contributed by atoms with E-state index in [9.17, 15) is 4.39 Å². The second-order valence-electron chi connectivity index (χ2n) is 4.10. The van der Waals surface area contributed by atoms with Crippen molar-refractivity contribution in [3.05, 3.63) is 30.1 Å². The predicted octanol–water partition coefficient (Wildman–Crippen LogP) is 3.66. The first kappa shape index (κ1) is 12.4. The minimum absolute atomic E-state index is 0.254. The Morgan fingerprint density at radius 2 is 1.94 bits per heavy atom. The van der Waals surface area contributed by atoms with Crippen LogP contribution in [0.15, 0.2) is 29.3 Å². The summed E-state index contributed by atoms with van der Waals surface area (Å²) in [5.41, 5.74) is 0.433. The molecule has 2 nitrogen and oxygen atoms in total. The van der Waals surface area contributed by atoms with Crippen LogP contribution in [0.3, 0.4) is 0 Å². The van der Waals surface area contributed by atoms with Crippen LogP contribution in [0, 0.1) is 5.82 Å². The van der Waals surface area contributed by atoms with E-state index < -0.39 is 0 Å². The molecule has 0 unspecified atom stereocenters. The number of hydrogen-bond donors (Lipinski definition) is 0. The number of amidine groups is 1. The fraction of sp³-hybridized carbons (Fsp3) is 0.462. The number of piperidine rings is 1. The van der Waals surface area contributed by atoms with Crippen LogP contribution in [0.2, 0.25) is 0 Å². The van der Waals surface area contributed by atoms with Crippen molar-refractivity contribution in [1.29, 1.82) is 0 Å². The standard InChI is InChI=1S/C13H17FN2S/c1-17-13(16-9-5-2-6-10-16)15-12-8-4-3-7-11(12)14/h3-4,7-8H,2,5-6,9-10H2,1H3. The molecule has 0 aromatic heterocycles. The molecule has 0 bridgehead atoms. The first-order valence-electron chi connectivity index (χ1n) is 5.93. The van der Waals surface area contributed by atoms with Gasteiger partial charge in [-0.05, 0) is 37.7 Å². The fourth-order valence-electron chi connectivity index (χ4n) is 1.98. The molecule has 1 fully saturated rings. The van der Waals surface area contributed by atoms with Crippen LogP contribution in [-0.4, -0.2) is 29.4 Å². The molecule has 2 rings (SSSR count). The van der Waals surface area contributed by atoms with Crippen molar-refractivity contribution >= 4 is 22.6 Å². The number of aliphatic imine (C=N–C) groups is 1. The van der Waals surface area contributed by atoms with Crippen molar-refractivity contribution in [2.45, 2.75) is 19.3 Å². The van der Waals surface area contributed by atoms with Gasteiger partial charge in [0.1, 0.15) is 11.5 Å². The summed E-state index contributed by atoms with van der Waals surface area (Å²) >= 11 is 1.59. The lowest BCUT2D eigenvalue weighted by Gasteiger charge is -2.28. The summed E-state index contributed by atoms with van der Waals surface area (Å²) in [5.74, 6) is -0.254. The van der Waals surface area contributed by atoms with E-state index in [4.69, 9.17) is 0 Å². The van der Waals surface area contributed by atoms with Gasteiger partial charge in [0.25, 0.3) is 0 Å². The molecule has 17 heavy (non-hydrogen) atoms. The number of para-hydroxylation sites is 1. The van der Waals surface area contributed by atoms with Gasteiger partial charge in [0.2, 0.25) is 0 Å². The van der Waals surface area contributed by atoms with Gasteiger partial charge < -0.3 is 4.90 Å². The zero-order chi connectivity index (χ0) is 12.1. The molecule has 1 aliphatic heterocycles. The molecule has 1 aromatic rings. The Morgan fingerprint density at radius 3 is 2.59 bits per heavy atom. The fourth-order valence-corrected chi connectivity index (χ4v) is 2.61. The number of thioether (sulfide) groups is 1. The molecule has 0 radical (unpaired) electrons. The number of nitrogens with zero attached hydrogens (tertiary/aromatic N) is 2. The third-order valence-corrected chi connectivity index (χ3v) is 3.59. The normalized spacial score (nSPS) is 17.3. The van der Waals surface area contributed by atoms with Crippen LogP contribution in [0.1, 0.15) is 19.3 Å². The second-order valence-corrected chi connectivity index (χ2v) is 4.87. The van der Waals surface area contributed by atoms with Gasteiger partial charge in [-0.25, -0.2) is 9.38 Å². The number of halogens is 1. The van der Waals surface area contributed by atoms with Crippen LogP contribution in [0.5, 0.6) is 0 Å². The highest BCUT2D eigenvalue weighted by Crippen LogP contribution is 2.21. The number of likely N-dealkylation sites (tertiary alicyclic amines) is 1. The van der Waals surface area contributed by atoms with E-state index in [0.29, 0.717) is 5.69 Å². The Kier molecular flexibility index (Phi) is 4.42. The van der Waals surface area contributed by atoms with E-state index >= 15 is 0 Å². The average Bonchev–Trinajstić information content (AvgIpc) is 2.39. The Labute approximate surface area is 106 Å². The average molecular weight is 252 g/mol. The summed E-state index contributed by atoms with van der Waals surface area (Å²) < 4.78 is 13.5. The Balaban J connectivity index is 2.19. The molecule has 0 N–H and O–H groups in total. The van der Waals surface area contributed by atoms with Gasteiger partial charge in [-0.1, -0.05) is 23.9 Å². The minimum atomic E-state index is -0.254. The zero-order valence-electron chi connectivity index (χ0n) is 10.0. The lowest BCUT2D eigenvalue weighted by Crippen LogP contribution is -2.33. The molecular formula is C13H17FN2S. The maximum absolute atomic E-state index is 13.5. The predicted molar refractivity (Wildman–Crippen MR) is 72.4 cm³/mol. The van der Waals surface area contributed by atoms with E-state index in [1.165, 1.54) is 25.3 Å². The maximum atomic E-state index is 13.5. The number of hydrogen-bond acceptors (Lipinski definition) is 2. The monoisotopic (exact) mass is 252 g/mol. The second kappa shape index (κ2) is 6.05. The summed E-state index contributed by atoms with van der Waals surface area (Å²) in [4.78, 5) is 6.68. The molecule has 0 saturated carbocycles. The summed E-state index contributed by atoms with van der Waals surface area (Å²) in [6.07, 6.45) is 5.69. The molecule has 0 amide bonds. The SMILES string of the molecule is CSC(=Nc1ccccc1F)N1CCCCC1. The van der Waals surface area contributed by atoms with E-state index in [-0.39, 0.29) is 5.82 Å². The number of rotatable bonds is 1. The highest BCUT2D eigenvalue weighted by molar-refractivity contribution is 8.13. The van der Waals surface area contributed by atoms with Crippen LogP contribution >= 0.6 is 11.8 Å². The summed E-state index contributed by atoms with van der Waals surface area (Å²) in [6.45, 7) is 2.07. The van der Waals surface area contributed by atoms with Crippen molar-refractivity contribution in [3.8, 4) is 0 Å². The van der Waals surface area contributed by atoms with Crippen LogP contribution < -0.4 is 0 Å². The van der Waals surface area contributed by atoms with Gasteiger partial charge in [0, 0.05) is 13.1 Å². The molecule has 0 atom stereocenters. The van der Waals surface area contributed by atoms with E-state index in [1.807, 2.05) is 12.3 Å². The molecule has 0 aliphatic carbocycles. The summed E-state index contributed by atoms with van der Waals surface area (Å²) in [6, 6.07) is 6.67. The van der Waals surface area contributed by atoms with Crippen molar-refractivity contribution < 1.29 is 4.39 Å². The van der Waals surface area contributed by atoms with Gasteiger partial charge >= 0.3 is 0 Å². The molecule has 92 valence electrons.